The fourth-order valence-corrected chi connectivity index (χ4v) is 4.07. The number of halogens is 2. The molecule has 2 aromatic carbocycles. The quantitative estimate of drug-likeness (QED) is 0.244. The van der Waals surface area contributed by atoms with Crippen LogP contribution in [0, 0.1) is 0 Å². The Morgan fingerprint density at radius 2 is 1.94 bits per heavy atom. The number of phenols is 1. The molecule has 0 amide bonds. The van der Waals surface area contributed by atoms with Crippen molar-refractivity contribution in [1.29, 1.82) is 0 Å². The van der Waals surface area contributed by atoms with Gasteiger partial charge >= 0.3 is 6.61 Å². The third-order valence-corrected chi connectivity index (χ3v) is 5.71. The van der Waals surface area contributed by atoms with Crippen LogP contribution in [-0.4, -0.2) is 23.4 Å². The number of aromatic nitrogens is 1. The van der Waals surface area contributed by atoms with Crippen molar-refractivity contribution in [2.24, 2.45) is 4.99 Å². The van der Waals surface area contributed by atoms with Gasteiger partial charge in [-0.3, -0.25) is 4.99 Å². The van der Waals surface area contributed by atoms with E-state index in [2.05, 4.69) is 39.9 Å². The molecule has 0 aliphatic heterocycles. The van der Waals surface area contributed by atoms with Crippen molar-refractivity contribution >= 4 is 40.5 Å². The van der Waals surface area contributed by atoms with Crippen LogP contribution in [-0.2, 0) is 0 Å². The summed E-state index contributed by atoms with van der Waals surface area (Å²) in [4.78, 5) is 8.56. The maximum atomic E-state index is 12.6. The molecule has 1 atom stereocenters. The Kier molecular flexibility index (Phi) is 7.74. The van der Waals surface area contributed by atoms with Crippen molar-refractivity contribution < 1.29 is 18.6 Å². The zero-order valence-electron chi connectivity index (χ0n) is 18.0. The van der Waals surface area contributed by atoms with Gasteiger partial charge in [-0.1, -0.05) is 55.7 Å². The number of ether oxygens (including phenoxy) is 1. The van der Waals surface area contributed by atoms with Gasteiger partial charge in [0.2, 0.25) is 0 Å². The van der Waals surface area contributed by atoms with E-state index in [0.717, 1.165) is 11.3 Å². The average Bonchev–Trinajstić information content (AvgIpc) is 3.27. The van der Waals surface area contributed by atoms with Crippen LogP contribution in [0.1, 0.15) is 35.3 Å². The van der Waals surface area contributed by atoms with Crippen molar-refractivity contribution in [2.75, 3.05) is 5.32 Å². The maximum Gasteiger partial charge on any atom is 0.387 e. The molecule has 0 fully saturated rings. The van der Waals surface area contributed by atoms with Crippen LogP contribution in [0.25, 0.3) is 11.6 Å². The minimum atomic E-state index is -2.92. The summed E-state index contributed by atoms with van der Waals surface area (Å²) in [7, 11) is 0. The Morgan fingerprint density at radius 1 is 1.21 bits per heavy atom. The van der Waals surface area contributed by atoms with Gasteiger partial charge in [-0.25, -0.2) is 4.98 Å². The fourth-order valence-electron chi connectivity index (χ4n) is 3.32. The number of aromatic hydroxyl groups is 1. The molecule has 8 heteroatoms. The lowest BCUT2D eigenvalue weighted by Crippen LogP contribution is -2.13. The summed E-state index contributed by atoms with van der Waals surface area (Å²) >= 11 is 1.39. The van der Waals surface area contributed by atoms with Gasteiger partial charge in [0.15, 0.2) is 5.13 Å². The van der Waals surface area contributed by atoms with E-state index in [4.69, 9.17) is 0 Å². The van der Waals surface area contributed by atoms with Gasteiger partial charge in [0, 0.05) is 16.5 Å². The lowest BCUT2D eigenvalue weighted by atomic mass is 9.95. The molecule has 0 bridgehead atoms. The predicted octanol–water partition coefficient (Wildman–Crippen LogP) is 7.22. The lowest BCUT2D eigenvalue weighted by Gasteiger charge is -2.22. The van der Waals surface area contributed by atoms with E-state index in [9.17, 15) is 13.9 Å². The molecule has 3 rings (SSSR count). The summed E-state index contributed by atoms with van der Waals surface area (Å²) in [5, 5.41) is 16.8. The maximum absolute atomic E-state index is 12.6. The highest BCUT2D eigenvalue weighted by Gasteiger charge is 2.22. The number of allylic oxidation sites excluding steroid dienone is 3. The molecule has 1 unspecified atom stereocenters. The molecule has 3 aromatic rings. The van der Waals surface area contributed by atoms with Gasteiger partial charge in [0.05, 0.1) is 11.7 Å². The average molecular weight is 468 g/mol. The van der Waals surface area contributed by atoms with E-state index >= 15 is 0 Å². The number of hydrogen-bond acceptors (Lipinski definition) is 6. The Bertz CT molecular complexity index is 1190. The number of hydrogen-bond donors (Lipinski definition) is 2. The first-order valence-electron chi connectivity index (χ1n) is 9.92. The Balaban J connectivity index is 2.07. The fraction of sp³-hybridized carbons (Fsp3) is 0.120. The van der Waals surface area contributed by atoms with E-state index in [1.165, 1.54) is 23.5 Å². The van der Waals surface area contributed by atoms with E-state index in [0.29, 0.717) is 27.5 Å². The van der Waals surface area contributed by atoms with Gasteiger partial charge in [0.25, 0.3) is 0 Å². The molecule has 1 aromatic heterocycles. The Morgan fingerprint density at radius 3 is 2.52 bits per heavy atom. The molecule has 170 valence electrons. The summed E-state index contributed by atoms with van der Waals surface area (Å²) < 4.78 is 29.6. The normalized spacial score (nSPS) is 12.3. The summed E-state index contributed by atoms with van der Waals surface area (Å²) in [6, 6.07) is 9.14. The number of nitrogens with zero attached hydrogens (tertiary/aromatic N) is 2. The number of aliphatic imine (C=N–C) groups is 1. The smallest absolute Gasteiger partial charge is 0.387 e. The minimum Gasteiger partial charge on any atom is -0.505 e. The van der Waals surface area contributed by atoms with E-state index in [1.807, 2.05) is 18.4 Å². The Hall–Kier alpha value is -3.78. The van der Waals surface area contributed by atoms with Gasteiger partial charge < -0.3 is 15.2 Å². The van der Waals surface area contributed by atoms with Crippen LogP contribution in [0.5, 0.6) is 11.5 Å². The highest BCUT2D eigenvalue weighted by molar-refractivity contribution is 7.13. The first-order chi connectivity index (χ1) is 15.9. The van der Waals surface area contributed by atoms with E-state index in [1.54, 1.807) is 36.4 Å². The SMILES string of the molecule is C=C/C(=C\C)c1csc(NC(c2ccc(OC(F)F)cc2)c2ccc(C=C)c(N=C)c2O)n1. The second kappa shape index (κ2) is 10.7. The van der Waals surface area contributed by atoms with Crippen molar-refractivity contribution in [3.8, 4) is 11.5 Å². The topological polar surface area (TPSA) is 66.7 Å². The summed E-state index contributed by atoms with van der Waals surface area (Å²) in [6.45, 7) is 10.1. The predicted molar refractivity (Wildman–Crippen MR) is 132 cm³/mol. The molecule has 0 aliphatic carbocycles. The highest BCUT2D eigenvalue weighted by Crippen LogP contribution is 2.41. The molecule has 2 N–H and O–H groups in total. The molecule has 1 heterocycles. The monoisotopic (exact) mass is 467 g/mol. The van der Waals surface area contributed by atoms with E-state index in [-0.39, 0.29) is 11.5 Å². The molecule has 33 heavy (non-hydrogen) atoms. The lowest BCUT2D eigenvalue weighted by molar-refractivity contribution is -0.0498. The number of anilines is 1. The molecule has 0 radical (unpaired) electrons. The van der Waals surface area contributed by atoms with Gasteiger partial charge in [-0.15, -0.1) is 11.3 Å². The number of phenolic OH excluding ortho intramolecular Hbond substituents is 1. The number of rotatable bonds is 10. The van der Waals surface area contributed by atoms with Crippen molar-refractivity contribution in [2.45, 2.75) is 19.6 Å². The standard InChI is InChI=1S/C25H23F2N3O2S/c1-5-15(6-2)20-14-33-25(29-20)30-21(17-8-11-18(12-9-17)32-24(26)27)19-13-10-16(7-3)22(28-4)23(19)31/h5-14,21,24,31H,1,3-4H2,2H3,(H,29,30)/b15-6+. The van der Waals surface area contributed by atoms with Crippen LogP contribution >= 0.6 is 11.3 Å². The molecular weight excluding hydrogens is 444 g/mol. The summed E-state index contributed by atoms with van der Waals surface area (Å²) in [5.74, 6) is -0.0303. The van der Waals surface area contributed by atoms with Crippen LogP contribution < -0.4 is 10.1 Å². The van der Waals surface area contributed by atoms with Crippen LogP contribution in [0.15, 0.2) is 72.1 Å². The number of nitrogens with one attached hydrogen (secondary N) is 1. The summed E-state index contributed by atoms with van der Waals surface area (Å²) in [6.07, 6.45) is 5.21. The molecule has 0 aliphatic rings. The van der Waals surface area contributed by atoms with Crippen molar-refractivity contribution in [3.05, 3.63) is 89.5 Å². The number of alkyl halides is 2. The van der Waals surface area contributed by atoms with Crippen molar-refractivity contribution in [3.63, 3.8) is 0 Å². The van der Waals surface area contributed by atoms with Crippen LogP contribution in [0.3, 0.4) is 0 Å². The molecular formula is C25H23F2N3O2S. The summed E-state index contributed by atoms with van der Waals surface area (Å²) in [5.41, 5.74) is 3.79. The van der Waals surface area contributed by atoms with Crippen LogP contribution in [0.4, 0.5) is 19.6 Å². The number of thiazole rings is 1. The molecule has 0 saturated heterocycles. The minimum absolute atomic E-state index is 0.0346. The molecule has 0 saturated carbocycles. The molecule has 0 spiro atoms. The largest absolute Gasteiger partial charge is 0.505 e. The van der Waals surface area contributed by atoms with E-state index < -0.39 is 12.7 Å². The van der Waals surface area contributed by atoms with Crippen molar-refractivity contribution in [1.82, 2.24) is 4.98 Å². The highest BCUT2D eigenvalue weighted by atomic mass is 32.1. The van der Waals surface area contributed by atoms with Gasteiger partial charge in [-0.2, -0.15) is 8.78 Å². The first kappa shape index (κ1) is 23.9. The first-order valence-corrected chi connectivity index (χ1v) is 10.8. The molecule has 5 nitrogen and oxygen atoms in total. The van der Waals surface area contributed by atoms with Crippen LogP contribution in [0.2, 0.25) is 0 Å². The zero-order valence-corrected chi connectivity index (χ0v) is 18.8. The third kappa shape index (κ3) is 5.35. The van der Waals surface area contributed by atoms with Gasteiger partial charge in [-0.05, 0) is 36.9 Å². The second-order valence-corrected chi connectivity index (χ2v) is 7.67. The van der Waals surface area contributed by atoms with Gasteiger partial charge in [0.1, 0.15) is 17.2 Å². The number of benzene rings is 2. The third-order valence-electron chi connectivity index (χ3n) is 4.94. The Labute approximate surface area is 195 Å². The zero-order chi connectivity index (χ0) is 24.0. The second-order valence-electron chi connectivity index (χ2n) is 6.81.